The Morgan fingerprint density at radius 3 is 2.76 bits per heavy atom. The molecule has 17 heavy (non-hydrogen) atoms. The van der Waals surface area contributed by atoms with Gasteiger partial charge in [-0.05, 0) is 25.7 Å². The normalized spacial score (nSPS) is 17.1. The molecule has 0 aliphatic carbocycles. The molecule has 0 amide bonds. The van der Waals surface area contributed by atoms with E-state index in [-0.39, 0.29) is 6.42 Å². The number of carboxylic acids is 1. The Morgan fingerprint density at radius 1 is 1.47 bits per heavy atom. The first-order valence-electron chi connectivity index (χ1n) is 5.90. The summed E-state index contributed by atoms with van der Waals surface area (Å²) in [4.78, 5) is 21.2. The second kappa shape index (κ2) is 5.12. The van der Waals surface area contributed by atoms with Crippen molar-refractivity contribution in [2.24, 2.45) is 5.92 Å². The van der Waals surface area contributed by atoms with Crippen LogP contribution in [0, 0.1) is 12.8 Å². The fourth-order valence-electron chi connectivity index (χ4n) is 2.23. The summed E-state index contributed by atoms with van der Waals surface area (Å²) in [6.07, 6.45) is 3.72. The van der Waals surface area contributed by atoms with Gasteiger partial charge in [0, 0.05) is 31.3 Å². The van der Waals surface area contributed by atoms with Gasteiger partial charge in [0.1, 0.15) is 12.1 Å². The quantitative estimate of drug-likeness (QED) is 0.859. The molecule has 0 bridgehead atoms. The van der Waals surface area contributed by atoms with Gasteiger partial charge in [-0.1, -0.05) is 0 Å². The van der Waals surface area contributed by atoms with Crippen LogP contribution in [0.25, 0.3) is 0 Å². The second-order valence-electron chi connectivity index (χ2n) is 4.55. The van der Waals surface area contributed by atoms with Gasteiger partial charge in [-0.2, -0.15) is 0 Å². The molecule has 1 saturated heterocycles. The predicted molar refractivity (Wildman–Crippen MR) is 64.0 cm³/mol. The molecule has 0 atom stereocenters. The first-order valence-corrected chi connectivity index (χ1v) is 5.90. The minimum atomic E-state index is -0.693. The lowest BCUT2D eigenvalue weighted by Gasteiger charge is -2.32. The minimum absolute atomic E-state index is 0.288. The molecule has 0 saturated carbocycles. The third-order valence-electron chi connectivity index (χ3n) is 3.19. The van der Waals surface area contributed by atoms with Gasteiger partial charge in [-0.15, -0.1) is 0 Å². The van der Waals surface area contributed by atoms with Crippen molar-refractivity contribution in [2.75, 3.05) is 18.0 Å². The summed E-state index contributed by atoms with van der Waals surface area (Å²) in [6.45, 7) is 3.71. The van der Waals surface area contributed by atoms with Crippen molar-refractivity contribution in [1.82, 2.24) is 9.97 Å². The largest absolute Gasteiger partial charge is 0.481 e. The highest BCUT2D eigenvalue weighted by Gasteiger charge is 2.21. The number of rotatable bonds is 3. The third kappa shape index (κ3) is 3.15. The van der Waals surface area contributed by atoms with Crippen LogP contribution in [0.15, 0.2) is 12.4 Å². The lowest BCUT2D eigenvalue weighted by Crippen LogP contribution is -2.34. The van der Waals surface area contributed by atoms with Gasteiger partial charge in [0.25, 0.3) is 0 Å². The smallest absolute Gasteiger partial charge is 0.303 e. The van der Waals surface area contributed by atoms with Crippen molar-refractivity contribution < 1.29 is 9.90 Å². The average Bonchev–Trinajstić information content (AvgIpc) is 2.29. The summed E-state index contributed by atoms with van der Waals surface area (Å²) in [5, 5.41) is 8.75. The Balaban J connectivity index is 1.93. The summed E-state index contributed by atoms with van der Waals surface area (Å²) in [5.41, 5.74) is 0.961. The van der Waals surface area contributed by atoms with E-state index in [1.165, 1.54) is 0 Å². The zero-order valence-corrected chi connectivity index (χ0v) is 9.96. The minimum Gasteiger partial charge on any atom is -0.481 e. The standard InChI is InChI=1S/C12H17N3O2/c1-9-6-11(14-8-13-9)15-4-2-10(3-5-15)7-12(16)17/h6,8,10H,2-5,7H2,1H3,(H,16,17). The molecule has 0 spiro atoms. The summed E-state index contributed by atoms with van der Waals surface area (Å²) in [5.74, 6) is 0.569. The Bertz CT molecular complexity index is 400. The van der Waals surface area contributed by atoms with Gasteiger partial charge in [0.05, 0.1) is 0 Å². The molecule has 1 aromatic heterocycles. The number of anilines is 1. The molecule has 0 aromatic carbocycles. The number of carbonyl (C=O) groups is 1. The monoisotopic (exact) mass is 235 g/mol. The lowest BCUT2D eigenvalue weighted by atomic mass is 9.94. The van der Waals surface area contributed by atoms with Crippen LogP contribution in [0.2, 0.25) is 0 Å². The zero-order chi connectivity index (χ0) is 12.3. The van der Waals surface area contributed by atoms with Gasteiger partial charge < -0.3 is 10.0 Å². The Labute approximate surface area is 100 Å². The number of piperidine rings is 1. The number of aromatic nitrogens is 2. The summed E-state index contributed by atoms with van der Waals surface area (Å²) in [6, 6.07) is 1.97. The SMILES string of the molecule is Cc1cc(N2CCC(CC(=O)O)CC2)ncn1. The average molecular weight is 235 g/mol. The zero-order valence-electron chi connectivity index (χ0n) is 9.96. The topological polar surface area (TPSA) is 66.3 Å². The molecule has 2 heterocycles. The van der Waals surface area contributed by atoms with Crippen LogP contribution in [0.1, 0.15) is 25.0 Å². The highest BCUT2D eigenvalue weighted by molar-refractivity contribution is 5.67. The predicted octanol–water partition coefficient (Wildman–Crippen LogP) is 1.48. The number of aryl methyl sites for hydroxylation is 1. The van der Waals surface area contributed by atoms with E-state index < -0.39 is 5.97 Å². The van der Waals surface area contributed by atoms with E-state index >= 15 is 0 Å². The Morgan fingerprint density at radius 2 is 2.18 bits per heavy atom. The van der Waals surface area contributed by atoms with Gasteiger partial charge in [-0.25, -0.2) is 9.97 Å². The van der Waals surface area contributed by atoms with Gasteiger partial charge in [-0.3, -0.25) is 4.79 Å². The molecular weight excluding hydrogens is 218 g/mol. The summed E-state index contributed by atoms with van der Waals surface area (Å²) in [7, 11) is 0. The van der Waals surface area contributed by atoms with E-state index in [9.17, 15) is 4.79 Å². The lowest BCUT2D eigenvalue weighted by molar-refractivity contribution is -0.138. The van der Waals surface area contributed by atoms with Crippen molar-refractivity contribution in [3.8, 4) is 0 Å². The van der Waals surface area contributed by atoms with Crippen molar-refractivity contribution in [3.63, 3.8) is 0 Å². The molecule has 5 nitrogen and oxygen atoms in total. The van der Waals surface area contributed by atoms with E-state index in [1.807, 2.05) is 13.0 Å². The van der Waals surface area contributed by atoms with Crippen LogP contribution in [0.5, 0.6) is 0 Å². The van der Waals surface area contributed by atoms with E-state index in [1.54, 1.807) is 6.33 Å². The molecule has 0 unspecified atom stereocenters. The highest BCUT2D eigenvalue weighted by atomic mass is 16.4. The fraction of sp³-hybridized carbons (Fsp3) is 0.583. The molecule has 92 valence electrons. The van der Waals surface area contributed by atoms with Crippen molar-refractivity contribution >= 4 is 11.8 Å². The third-order valence-corrected chi connectivity index (χ3v) is 3.19. The van der Waals surface area contributed by atoms with Crippen LogP contribution >= 0.6 is 0 Å². The maximum atomic E-state index is 10.6. The number of hydrogen-bond acceptors (Lipinski definition) is 4. The van der Waals surface area contributed by atoms with Crippen molar-refractivity contribution in [1.29, 1.82) is 0 Å². The number of carboxylic acid groups (broad SMARTS) is 1. The van der Waals surface area contributed by atoms with Gasteiger partial charge in [0.2, 0.25) is 0 Å². The van der Waals surface area contributed by atoms with Crippen LogP contribution in [-0.2, 0) is 4.79 Å². The summed E-state index contributed by atoms with van der Waals surface area (Å²) >= 11 is 0. The molecule has 1 aromatic rings. The molecule has 2 rings (SSSR count). The fourth-order valence-corrected chi connectivity index (χ4v) is 2.23. The molecule has 1 aliphatic rings. The summed E-state index contributed by atoms with van der Waals surface area (Å²) < 4.78 is 0. The molecular formula is C12H17N3O2. The maximum absolute atomic E-state index is 10.6. The van der Waals surface area contributed by atoms with Crippen molar-refractivity contribution in [2.45, 2.75) is 26.2 Å². The van der Waals surface area contributed by atoms with Crippen LogP contribution in [0.4, 0.5) is 5.82 Å². The van der Waals surface area contributed by atoms with Crippen molar-refractivity contribution in [3.05, 3.63) is 18.1 Å². The molecule has 1 aliphatic heterocycles. The second-order valence-corrected chi connectivity index (χ2v) is 4.55. The molecule has 1 N–H and O–H groups in total. The number of hydrogen-bond donors (Lipinski definition) is 1. The Hall–Kier alpha value is -1.65. The Kier molecular flexibility index (Phi) is 3.56. The number of nitrogens with zero attached hydrogens (tertiary/aromatic N) is 3. The van der Waals surface area contributed by atoms with Crippen LogP contribution in [0.3, 0.4) is 0 Å². The molecule has 1 fully saturated rings. The van der Waals surface area contributed by atoms with Crippen LogP contribution in [-0.4, -0.2) is 34.1 Å². The van der Waals surface area contributed by atoms with E-state index in [2.05, 4.69) is 14.9 Å². The first-order chi connectivity index (χ1) is 8.15. The number of aliphatic carboxylic acids is 1. The highest BCUT2D eigenvalue weighted by Crippen LogP contribution is 2.23. The molecule has 0 radical (unpaired) electrons. The van der Waals surface area contributed by atoms with Gasteiger partial charge in [0.15, 0.2) is 0 Å². The van der Waals surface area contributed by atoms with Crippen LogP contribution < -0.4 is 4.90 Å². The van der Waals surface area contributed by atoms with E-state index in [0.717, 1.165) is 37.4 Å². The first kappa shape index (κ1) is 11.8. The maximum Gasteiger partial charge on any atom is 0.303 e. The van der Waals surface area contributed by atoms with E-state index in [0.29, 0.717) is 5.92 Å². The van der Waals surface area contributed by atoms with E-state index in [4.69, 9.17) is 5.11 Å². The van der Waals surface area contributed by atoms with Gasteiger partial charge >= 0.3 is 5.97 Å². The molecule has 5 heteroatoms.